The van der Waals surface area contributed by atoms with Crippen LogP contribution in [0.5, 0.6) is 0 Å². The summed E-state index contributed by atoms with van der Waals surface area (Å²) in [6.45, 7) is 14.9. The van der Waals surface area contributed by atoms with Crippen LogP contribution in [0.4, 0.5) is 8.78 Å². The third-order valence-corrected chi connectivity index (χ3v) is 7.17. The Morgan fingerprint density at radius 2 is 2.03 bits per heavy atom. The Morgan fingerprint density at radius 3 is 2.56 bits per heavy atom. The van der Waals surface area contributed by atoms with E-state index in [1.165, 1.54) is 6.92 Å². The minimum atomic E-state index is -3.31. The zero-order valence-electron chi connectivity index (χ0n) is 19.2. The molecule has 0 bridgehead atoms. The van der Waals surface area contributed by atoms with Gasteiger partial charge in [-0.3, -0.25) is 14.4 Å². The highest BCUT2D eigenvalue weighted by atomic mass is 19.3. The number of hydrogen-bond donors (Lipinski definition) is 2. The fourth-order valence-electron chi connectivity index (χ4n) is 5.21. The number of nitrogens with one attached hydrogen (secondary N) is 2. The number of carbonyl (C=O) groups is 3. The van der Waals surface area contributed by atoms with Gasteiger partial charge in [-0.1, -0.05) is 27.0 Å². The fraction of sp³-hybridized carbons (Fsp3) is 0.696. The Balaban J connectivity index is 1.77. The Bertz CT molecular complexity index is 836. The predicted molar refractivity (Wildman–Crippen MR) is 114 cm³/mol. The number of likely N-dealkylation sites (tertiary alicyclic amines) is 1. The van der Waals surface area contributed by atoms with Gasteiger partial charge in [0.15, 0.2) is 0 Å². The first kappa shape index (κ1) is 24.4. The van der Waals surface area contributed by atoms with E-state index in [0.717, 1.165) is 0 Å². The molecule has 178 valence electrons. The molecular weight excluding hydrogens is 420 g/mol. The molecule has 3 aliphatic rings. The molecule has 3 rings (SSSR count). The van der Waals surface area contributed by atoms with Crippen molar-refractivity contribution in [1.29, 1.82) is 0 Å². The summed E-state index contributed by atoms with van der Waals surface area (Å²) in [4.78, 5) is 38.0. The van der Waals surface area contributed by atoms with Gasteiger partial charge in [0, 0.05) is 44.6 Å². The molecular formula is C23H33F2N3O4. The molecule has 2 N–H and O–H groups in total. The van der Waals surface area contributed by atoms with Crippen LogP contribution in [0.3, 0.4) is 0 Å². The molecule has 0 radical (unpaired) electrons. The van der Waals surface area contributed by atoms with Crippen LogP contribution < -0.4 is 10.6 Å². The van der Waals surface area contributed by atoms with Gasteiger partial charge in [0.25, 0.3) is 5.91 Å². The highest BCUT2D eigenvalue weighted by molar-refractivity contribution is 6.35. The standard InChI is InChI=1S/C23H33F2N3O4/c1-12(11-32-23(6,24)25)17(9-15-7-8-26-20(15)30)27-13(2)19-18-16(22(18,4)5)10-28(19)21(31)14(3)29/h15-19,27H,1-2,7-11H2,3-6H3,(H,26,30)/t15-,16-,17-,18-,19+/m0/s1. The average molecular weight is 454 g/mol. The van der Waals surface area contributed by atoms with E-state index in [-0.39, 0.29) is 35.7 Å². The van der Waals surface area contributed by atoms with Crippen molar-refractivity contribution < 1.29 is 27.9 Å². The summed E-state index contributed by atoms with van der Waals surface area (Å²) in [5, 5.41) is 6.03. The highest BCUT2D eigenvalue weighted by Gasteiger charge is 2.68. The van der Waals surface area contributed by atoms with E-state index in [1.807, 2.05) is 0 Å². The van der Waals surface area contributed by atoms with Gasteiger partial charge >= 0.3 is 6.11 Å². The van der Waals surface area contributed by atoms with Crippen molar-refractivity contribution >= 4 is 17.6 Å². The quantitative estimate of drug-likeness (QED) is 0.391. The number of halogens is 2. The molecule has 1 saturated carbocycles. The van der Waals surface area contributed by atoms with Crippen LogP contribution in [0.25, 0.3) is 0 Å². The molecule has 2 saturated heterocycles. The van der Waals surface area contributed by atoms with Crippen LogP contribution in [0.15, 0.2) is 24.4 Å². The second-order valence-electron chi connectivity index (χ2n) is 9.90. The van der Waals surface area contributed by atoms with Gasteiger partial charge in [0.2, 0.25) is 11.7 Å². The topological polar surface area (TPSA) is 87.7 Å². The van der Waals surface area contributed by atoms with E-state index in [2.05, 4.69) is 42.4 Å². The molecule has 2 aliphatic heterocycles. The van der Waals surface area contributed by atoms with Gasteiger partial charge in [-0.25, -0.2) is 0 Å². The first-order valence-corrected chi connectivity index (χ1v) is 11.0. The molecule has 0 spiro atoms. The fourth-order valence-corrected chi connectivity index (χ4v) is 5.21. The van der Waals surface area contributed by atoms with Crippen molar-refractivity contribution in [2.75, 3.05) is 19.7 Å². The molecule has 0 aromatic carbocycles. The molecule has 0 aromatic heterocycles. The van der Waals surface area contributed by atoms with Gasteiger partial charge < -0.3 is 20.3 Å². The highest BCUT2D eigenvalue weighted by Crippen LogP contribution is 2.65. The predicted octanol–water partition coefficient (Wildman–Crippen LogP) is 2.24. The maximum absolute atomic E-state index is 13.2. The Morgan fingerprint density at radius 1 is 1.38 bits per heavy atom. The van der Waals surface area contributed by atoms with Crippen molar-refractivity contribution in [3.8, 4) is 0 Å². The monoisotopic (exact) mass is 453 g/mol. The molecule has 5 atom stereocenters. The van der Waals surface area contributed by atoms with Crippen LogP contribution >= 0.6 is 0 Å². The maximum atomic E-state index is 13.2. The number of alkyl halides is 2. The number of nitrogens with zero attached hydrogens (tertiary/aromatic N) is 1. The summed E-state index contributed by atoms with van der Waals surface area (Å²) in [5.41, 5.74) is 0.889. The molecule has 32 heavy (non-hydrogen) atoms. The summed E-state index contributed by atoms with van der Waals surface area (Å²) in [5.74, 6) is -1.06. The lowest BCUT2D eigenvalue weighted by atomic mass is 9.92. The molecule has 0 unspecified atom stereocenters. The summed E-state index contributed by atoms with van der Waals surface area (Å²) >= 11 is 0. The number of Topliss-reactive ketones (excluding diaryl/α,β-unsaturated/α-hetero) is 1. The van der Waals surface area contributed by atoms with E-state index in [1.54, 1.807) is 4.90 Å². The van der Waals surface area contributed by atoms with Crippen LogP contribution in [-0.2, 0) is 19.1 Å². The van der Waals surface area contributed by atoms with Gasteiger partial charge in [-0.2, -0.15) is 8.78 Å². The lowest BCUT2D eigenvalue weighted by molar-refractivity contribution is -0.218. The average Bonchev–Trinajstić information content (AvgIpc) is 3.05. The van der Waals surface area contributed by atoms with Crippen LogP contribution in [0, 0.1) is 23.2 Å². The number of fused-ring (bicyclic) bond motifs is 1. The molecule has 3 fully saturated rings. The van der Waals surface area contributed by atoms with Crippen LogP contribution in [-0.4, -0.2) is 60.4 Å². The van der Waals surface area contributed by atoms with Crippen molar-refractivity contribution in [3.63, 3.8) is 0 Å². The second-order valence-corrected chi connectivity index (χ2v) is 9.90. The van der Waals surface area contributed by atoms with Crippen molar-refractivity contribution in [2.45, 2.75) is 58.7 Å². The lowest BCUT2D eigenvalue weighted by Gasteiger charge is -2.34. The van der Waals surface area contributed by atoms with Crippen molar-refractivity contribution in [1.82, 2.24) is 15.5 Å². The molecule has 2 heterocycles. The third kappa shape index (κ3) is 4.87. The zero-order valence-corrected chi connectivity index (χ0v) is 19.2. The Hall–Kier alpha value is -2.29. The maximum Gasteiger partial charge on any atom is 0.353 e. The molecule has 9 heteroatoms. The Labute approximate surface area is 187 Å². The number of ketones is 1. The Kier molecular flexibility index (Phi) is 6.52. The van der Waals surface area contributed by atoms with E-state index in [9.17, 15) is 23.2 Å². The molecule has 0 aromatic rings. The van der Waals surface area contributed by atoms with Gasteiger partial charge in [-0.15, -0.1) is 0 Å². The minimum Gasteiger partial charge on any atom is -0.381 e. The van der Waals surface area contributed by atoms with E-state index in [4.69, 9.17) is 0 Å². The van der Waals surface area contributed by atoms with Crippen LogP contribution in [0.2, 0.25) is 0 Å². The number of piperidine rings is 1. The number of carbonyl (C=O) groups excluding carboxylic acids is 3. The largest absolute Gasteiger partial charge is 0.381 e. The summed E-state index contributed by atoms with van der Waals surface area (Å²) in [6.07, 6.45) is -2.33. The SMILES string of the molecule is C=C(COC(C)(F)F)[C@H](C[C@@H]1CCNC1=O)NC(=C)[C@@H]1[C@@H]2[C@H](CN1C(=O)C(C)=O)C2(C)C. The van der Waals surface area contributed by atoms with Gasteiger partial charge in [-0.05, 0) is 35.7 Å². The van der Waals surface area contributed by atoms with E-state index < -0.39 is 29.9 Å². The van der Waals surface area contributed by atoms with Crippen molar-refractivity contribution in [3.05, 3.63) is 24.4 Å². The van der Waals surface area contributed by atoms with Crippen LogP contribution in [0.1, 0.15) is 40.5 Å². The number of rotatable bonds is 10. The lowest BCUT2D eigenvalue weighted by Crippen LogP contribution is -2.48. The number of amides is 2. The second kappa shape index (κ2) is 8.57. The molecule has 1 aliphatic carbocycles. The van der Waals surface area contributed by atoms with Crippen molar-refractivity contribution in [2.24, 2.45) is 23.2 Å². The van der Waals surface area contributed by atoms with Gasteiger partial charge in [0.05, 0.1) is 12.6 Å². The first-order valence-electron chi connectivity index (χ1n) is 11.0. The van der Waals surface area contributed by atoms with E-state index >= 15 is 0 Å². The third-order valence-electron chi connectivity index (χ3n) is 7.17. The smallest absolute Gasteiger partial charge is 0.353 e. The number of hydrogen-bond acceptors (Lipinski definition) is 5. The van der Waals surface area contributed by atoms with Gasteiger partial charge in [0.1, 0.15) is 0 Å². The summed E-state index contributed by atoms with van der Waals surface area (Å²) < 4.78 is 31.1. The first-order chi connectivity index (χ1) is 14.7. The summed E-state index contributed by atoms with van der Waals surface area (Å²) in [7, 11) is 0. The summed E-state index contributed by atoms with van der Waals surface area (Å²) in [6, 6.07) is -0.943. The zero-order chi connectivity index (χ0) is 24.0. The normalized spacial score (nSPS) is 29.2. The molecule has 7 nitrogen and oxygen atoms in total. The van der Waals surface area contributed by atoms with E-state index in [0.29, 0.717) is 44.1 Å². The minimum absolute atomic E-state index is 0.00801. The molecule has 2 amide bonds. The number of ether oxygens (including phenoxy) is 1.